The van der Waals surface area contributed by atoms with Crippen molar-refractivity contribution in [2.45, 2.75) is 13.0 Å². The van der Waals surface area contributed by atoms with Gasteiger partial charge in [0.15, 0.2) is 0 Å². The first-order valence-corrected chi connectivity index (χ1v) is 5.73. The standard InChI is InChI=1S/C11H14Cl2N2O2/c1-6-3-4-7(12)10(9(6)13)15-11(16)8(14)5-17-2/h3-4,8H,5,14H2,1-2H3,(H,15,16). The van der Waals surface area contributed by atoms with Crippen molar-refractivity contribution in [1.29, 1.82) is 0 Å². The lowest BCUT2D eigenvalue weighted by Gasteiger charge is -2.14. The minimum atomic E-state index is -0.757. The third kappa shape index (κ3) is 3.57. The van der Waals surface area contributed by atoms with Gasteiger partial charge in [0.1, 0.15) is 6.04 Å². The second-order valence-corrected chi connectivity index (χ2v) is 4.39. The summed E-state index contributed by atoms with van der Waals surface area (Å²) in [5.74, 6) is -0.388. The molecular formula is C11H14Cl2N2O2. The largest absolute Gasteiger partial charge is 0.383 e. The summed E-state index contributed by atoms with van der Waals surface area (Å²) < 4.78 is 4.79. The molecule has 94 valence electrons. The molecule has 0 saturated carbocycles. The number of amides is 1. The van der Waals surface area contributed by atoms with Gasteiger partial charge in [-0.1, -0.05) is 29.3 Å². The summed E-state index contributed by atoms with van der Waals surface area (Å²) >= 11 is 12.0. The Balaban J connectivity index is 2.88. The maximum Gasteiger partial charge on any atom is 0.243 e. The molecule has 6 heteroatoms. The Morgan fingerprint density at radius 1 is 1.53 bits per heavy atom. The second kappa shape index (κ2) is 6.21. The number of anilines is 1. The Hall–Kier alpha value is -0.810. The molecule has 0 heterocycles. The van der Waals surface area contributed by atoms with Gasteiger partial charge in [0.25, 0.3) is 0 Å². The van der Waals surface area contributed by atoms with Gasteiger partial charge in [0.2, 0.25) is 5.91 Å². The van der Waals surface area contributed by atoms with E-state index in [4.69, 9.17) is 33.7 Å². The van der Waals surface area contributed by atoms with E-state index in [0.717, 1.165) is 5.56 Å². The van der Waals surface area contributed by atoms with Crippen LogP contribution in [-0.2, 0) is 9.53 Å². The van der Waals surface area contributed by atoms with Gasteiger partial charge < -0.3 is 15.8 Å². The molecule has 1 rings (SSSR count). The molecule has 0 saturated heterocycles. The number of nitrogens with two attached hydrogens (primary N) is 1. The first kappa shape index (κ1) is 14.3. The van der Waals surface area contributed by atoms with Crippen molar-refractivity contribution >= 4 is 34.8 Å². The van der Waals surface area contributed by atoms with E-state index in [9.17, 15) is 4.79 Å². The molecule has 0 bridgehead atoms. The summed E-state index contributed by atoms with van der Waals surface area (Å²) in [4.78, 5) is 11.7. The molecule has 1 aromatic carbocycles. The summed E-state index contributed by atoms with van der Waals surface area (Å²) in [6.45, 7) is 1.95. The van der Waals surface area contributed by atoms with E-state index >= 15 is 0 Å². The van der Waals surface area contributed by atoms with Crippen LogP contribution in [0.5, 0.6) is 0 Å². The van der Waals surface area contributed by atoms with Crippen molar-refractivity contribution in [2.75, 3.05) is 19.0 Å². The quantitative estimate of drug-likeness (QED) is 0.886. The van der Waals surface area contributed by atoms with Gasteiger partial charge in [-0.3, -0.25) is 4.79 Å². The fraction of sp³-hybridized carbons (Fsp3) is 0.364. The number of nitrogens with one attached hydrogen (secondary N) is 1. The minimum absolute atomic E-state index is 0.132. The molecule has 17 heavy (non-hydrogen) atoms. The lowest BCUT2D eigenvalue weighted by molar-refractivity contribution is -0.118. The Morgan fingerprint density at radius 2 is 2.18 bits per heavy atom. The van der Waals surface area contributed by atoms with Crippen LogP contribution in [0, 0.1) is 6.92 Å². The molecule has 4 nitrogen and oxygen atoms in total. The van der Waals surface area contributed by atoms with Crippen LogP contribution in [0.25, 0.3) is 0 Å². The number of rotatable bonds is 4. The molecule has 0 aliphatic rings. The topological polar surface area (TPSA) is 64.3 Å². The van der Waals surface area contributed by atoms with Crippen molar-refractivity contribution in [3.8, 4) is 0 Å². The normalized spacial score (nSPS) is 12.3. The smallest absolute Gasteiger partial charge is 0.243 e. The van der Waals surface area contributed by atoms with Gasteiger partial charge in [-0.2, -0.15) is 0 Å². The zero-order valence-corrected chi connectivity index (χ0v) is 11.1. The van der Waals surface area contributed by atoms with Gasteiger partial charge in [0.05, 0.1) is 22.3 Å². The lowest BCUT2D eigenvalue weighted by atomic mass is 10.2. The van der Waals surface area contributed by atoms with Crippen LogP contribution >= 0.6 is 23.2 Å². The molecule has 0 spiro atoms. The third-order valence-corrected chi connectivity index (χ3v) is 3.02. The Bertz CT molecular complexity index is 424. The molecular weight excluding hydrogens is 263 g/mol. The monoisotopic (exact) mass is 276 g/mol. The van der Waals surface area contributed by atoms with E-state index < -0.39 is 6.04 Å². The molecule has 1 atom stereocenters. The maximum absolute atomic E-state index is 11.7. The van der Waals surface area contributed by atoms with E-state index in [1.165, 1.54) is 7.11 Å². The van der Waals surface area contributed by atoms with Crippen molar-refractivity contribution in [3.05, 3.63) is 27.7 Å². The van der Waals surface area contributed by atoms with Crippen molar-refractivity contribution in [2.24, 2.45) is 5.73 Å². The average Bonchev–Trinajstić information content (AvgIpc) is 2.29. The molecule has 0 radical (unpaired) electrons. The van der Waals surface area contributed by atoms with Crippen molar-refractivity contribution in [3.63, 3.8) is 0 Å². The van der Waals surface area contributed by atoms with Crippen LogP contribution in [0.1, 0.15) is 5.56 Å². The summed E-state index contributed by atoms with van der Waals surface area (Å²) in [6.07, 6.45) is 0. The van der Waals surface area contributed by atoms with Gasteiger partial charge in [-0.15, -0.1) is 0 Å². The molecule has 1 aromatic rings. The van der Waals surface area contributed by atoms with Crippen LogP contribution in [0.2, 0.25) is 10.0 Å². The molecule has 0 aromatic heterocycles. The SMILES string of the molecule is COCC(N)C(=O)Nc1c(Cl)ccc(C)c1Cl. The fourth-order valence-corrected chi connectivity index (χ4v) is 1.71. The molecule has 0 aliphatic heterocycles. The van der Waals surface area contributed by atoms with Crippen LogP contribution in [-0.4, -0.2) is 25.7 Å². The predicted molar refractivity (Wildman–Crippen MR) is 69.7 cm³/mol. The summed E-state index contributed by atoms with van der Waals surface area (Å²) in [6, 6.07) is 2.68. The van der Waals surface area contributed by atoms with Crippen LogP contribution in [0.3, 0.4) is 0 Å². The fourth-order valence-electron chi connectivity index (χ4n) is 1.24. The van der Waals surface area contributed by atoms with E-state index in [2.05, 4.69) is 5.32 Å². The van der Waals surface area contributed by atoms with E-state index in [1.807, 2.05) is 6.92 Å². The van der Waals surface area contributed by atoms with Crippen LogP contribution < -0.4 is 11.1 Å². The highest BCUT2D eigenvalue weighted by Crippen LogP contribution is 2.32. The van der Waals surface area contributed by atoms with Gasteiger partial charge in [0, 0.05) is 7.11 Å². The Morgan fingerprint density at radius 3 is 2.76 bits per heavy atom. The number of methoxy groups -OCH3 is 1. The summed E-state index contributed by atoms with van der Waals surface area (Å²) in [5.41, 5.74) is 6.80. The first-order valence-electron chi connectivity index (χ1n) is 4.97. The second-order valence-electron chi connectivity index (χ2n) is 3.60. The first-order chi connectivity index (χ1) is 7.97. The zero-order chi connectivity index (χ0) is 13.0. The Kier molecular flexibility index (Phi) is 5.21. The van der Waals surface area contributed by atoms with Crippen LogP contribution in [0.15, 0.2) is 12.1 Å². The minimum Gasteiger partial charge on any atom is -0.383 e. The summed E-state index contributed by atoms with van der Waals surface area (Å²) in [7, 11) is 1.47. The molecule has 1 unspecified atom stereocenters. The van der Waals surface area contributed by atoms with Gasteiger partial charge in [-0.25, -0.2) is 0 Å². The van der Waals surface area contributed by atoms with E-state index in [1.54, 1.807) is 12.1 Å². The number of hydrogen-bond acceptors (Lipinski definition) is 3. The molecule has 0 fully saturated rings. The number of halogens is 2. The molecule has 1 amide bonds. The molecule has 0 aliphatic carbocycles. The lowest BCUT2D eigenvalue weighted by Crippen LogP contribution is -2.39. The van der Waals surface area contributed by atoms with Crippen molar-refractivity contribution in [1.82, 2.24) is 0 Å². The number of ether oxygens (including phenoxy) is 1. The van der Waals surface area contributed by atoms with E-state index in [-0.39, 0.29) is 12.5 Å². The highest BCUT2D eigenvalue weighted by molar-refractivity contribution is 6.40. The highest BCUT2D eigenvalue weighted by atomic mass is 35.5. The van der Waals surface area contributed by atoms with Gasteiger partial charge in [-0.05, 0) is 18.6 Å². The number of carbonyl (C=O) groups excluding carboxylic acids is 1. The van der Waals surface area contributed by atoms with Gasteiger partial charge >= 0.3 is 0 Å². The average molecular weight is 277 g/mol. The maximum atomic E-state index is 11.7. The highest BCUT2D eigenvalue weighted by Gasteiger charge is 2.17. The van der Waals surface area contributed by atoms with E-state index in [0.29, 0.717) is 15.7 Å². The number of hydrogen-bond donors (Lipinski definition) is 2. The molecule has 3 N–H and O–H groups in total. The number of benzene rings is 1. The third-order valence-electron chi connectivity index (χ3n) is 2.22. The van der Waals surface area contributed by atoms with Crippen LogP contribution in [0.4, 0.5) is 5.69 Å². The summed E-state index contributed by atoms with van der Waals surface area (Å²) in [5, 5.41) is 3.38. The Labute approximate surface area is 110 Å². The predicted octanol–water partition coefficient (Wildman–Crippen LogP) is 2.21. The zero-order valence-electron chi connectivity index (χ0n) is 9.59. The van der Waals surface area contributed by atoms with Crippen molar-refractivity contribution < 1.29 is 9.53 Å². The number of carbonyl (C=O) groups is 1. The number of aryl methyl sites for hydroxylation is 1.